The number of carbonyl (C=O) groups is 1. The first-order chi connectivity index (χ1) is 10.2. The van der Waals surface area contributed by atoms with Crippen LogP contribution in [0, 0.1) is 5.82 Å². The van der Waals surface area contributed by atoms with Crippen LogP contribution in [0.15, 0.2) is 36.1 Å². The van der Waals surface area contributed by atoms with Gasteiger partial charge in [0.05, 0.1) is 18.4 Å². The van der Waals surface area contributed by atoms with E-state index in [0.717, 1.165) is 43.2 Å². The third kappa shape index (κ3) is 3.43. The van der Waals surface area contributed by atoms with Crippen LogP contribution >= 0.6 is 0 Å². The summed E-state index contributed by atoms with van der Waals surface area (Å²) < 4.78 is 18.2. The van der Waals surface area contributed by atoms with E-state index in [1.807, 2.05) is 12.1 Å². The number of nitrogens with one attached hydrogen (secondary N) is 1. The highest BCUT2D eigenvalue weighted by Crippen LogP contribution is 2.34. The van der Waals surface area contributed by atoms with Crippen molar-refractivity contribution < 1.29 is 13.9 Å². The molecule has 1 fully saturated rings. The van der Waals surface area contributed by atoms with Crippen LogP contribution in [0.4, 0.5) is 4.39 Å². The second kappa shape index (κ2) is 6.29. The van der Waals surface area contributed by atoms with Gasteiger partial charge in [0, 0.05) is 6.04 Å². The van der Waals surface area contributed by atoms with E-state index in [2.05, 4.69) is 5.32 Å². The van der Waals surface area contributed by atoms with Gasteiger partial charge in [0.2, 0.25) is 0 Å². The average molecular weight is 289 g/mol. The molecule has 1 aliphatic heterocycles. The van der Waals surface area contributed by atoms with E-state index >= 15 is 0 Å². The fraction of sp³-hybridized carbons (Fsp3) is 0.471. The van der Waals surface area contributed by atoms with Crippen molar-refractivity contribution in [2.45, 2.75) is 44.1 Å². The Kier molecular flexibility index (Phi) is 4.23. The second-order valence-electron chi connectivity index (χ2n) is 5.85. The van der Waals surface area contributed by atoms with E-state index in [0.29, 0.717) is 12.5 Å². The average Bonchev–Trinajstić information content (AvgIpc) is 2.97. The molecule has 0 unspecified atom stereocenters. The molecule has 2 atom stereocenters. The molecule has 1 aliphatic carbocycles. The van der Waals surface area contributed by atoms with Gasteiger partial charge in [-0.25, -0.2) is 4.39 Å². The van der Waals surface area contributed by atoms with Gasteiger partial charge in [-0.05, 0) is 55.7 Å². The van der Waals surface area contributed by atoms with Crippen LogP contribution in [0.5, 0.6) is 0 Å². The third-order valence-electron chi connectivity index (χ3n) is 4.33. The number of hydrogen-bond donors (Lipinski definition) is 1. The normalized spacial score (nSPS) is 25.1. The first kappa shape index (κ1) is 14.1. The number of hydrogen-bond acceptors (Lipinski definition) is 2. The molecule has 1 aromatic carbocycles. The number of benzene rings is 1. The van der Waals surface area contributed by atoms with Crippen LogP contribution in [0.2, 0.25) is 0 Å². The minimum absolute atomic E-state index is 0.000504. The third-order valence-corrected chi connectivity index (χ3v) is 4.33. The smallest absolute Gasteiger partial charge is 0.250 e. The molecule has 3 nitrogen and oxygen atoms in total. The van der Waals surface area contributed by atoms with E-state index in [-0.39, 0.29) is 17.8 Å². The predicted molar refractivity (Wildman–Crippen MR) is 78.2 cm³/mol. The number of ether oxygens (including phenoxy) is 1. The lowest BCUT2D eigenvalue weighted by Gasteiger charge is -2.17. The Bertz CT molecular complexity index is 538. The first-order valence-electron chi connectivity index (χ1n) is 7.59. The fourth-order valence-corrected chi connectivity index (χ4v) is 3.16. The van der Waals surface area contributed by atoms with Crippen LogP contribution in [-0.2, 0) is 9.53 Å². The van der Waals surface area contributed by atoms with Crippen molar-refractivity contribution in [3.63, 3.8) is 0 Å². The van der Waals surface area contributed by atoms with Gasteiger partial charge >= 0.3 is 0 Å². The van der Waals surface area contributed by atoms with E-state index in [1.165, 1.54) is 12.1 Å². The zero-order valence-corrected chi connectivity index (χ0v) is 12.0. The monoisotopic (exact) mass is 289 g/mol. The summed E-state index contributed by atoms with van der Waals surface area (Å²) in [5.74, 6) is 0.206. The van der Waals surface area contributed by atoms with Crippen molar-refractivity contribution in [2.24, 2.45) is 0 Å². The minimum atomic E-state index is -0.203. The summed E-state index contributed by atoms with van der Waals surface area (Å²) in [6.07, 6.45) is 6.22. The number of amides is 1. The maximum atomic E-state index is 13.0. The number of carbonyl (C=O) groups excluding carboxylic acids is 1. The molecule has 4 heteroatoms. The van der Waals surface area contributed by atoms with Crippen molar-refractivity contribution in [1.29, 1.82) is 0 Å². The fourth-order valence-electron chi connectivity index (χ4n) is 3.16. The van der Waals surface area contributed by atoms with Crippen LogP contribution < -0.4 is 5.32 Å². The molecule has 0 bridgehead atoms. The Morgan fingerprint density at radius 3 is 2.76 bits per heavy atom. The molecule has 21 heavy (non-hydrogen) atoms. The zero-order chi connectivity index (χ0) is 14.7. The lowest BCUT2D eigenvalue weighted by molar-refractivity contribution is -0.118. The van der Waals surface area contributed by atoms with Crippen molar-refractivity contribution in [2.75, 3.05) is 6.61 Å². The molecule has 0 saturated heterocycles. The summed E-state index contributed by atoms with van der Waals surface area (Å²) in [4.78, 5) is 12.1. The molecule has 3 rings (SSSR count). The summed E-state index contributed by atoms with van der Waals surface area (Å²) in [6.45, 7) is 0.701. The molecule has 0 spiro atoms. The van der Waals surface area contributed by atoms with E-state index in [9.17, 15) is 9.18 Å². The molecular weight excluding hydrogens is 269 g/mol. The highest BCUT2D eigenvalue weighted by Gasteiger charge is 2.28. The lowest BCUT2D eigenvalue weighted by Crippen LogP contribution is -2.34. The second-order valence-corrected chi connectivity index (χ2v) is 5.85. The van der Waals surface area contributed by atoms with E-state index in [1.54, 1.807) is 6.26 Å². The maximum absolute atomic E-state index is 13.0. The standard InChI is InChI=1S/C17H20FNO2/c18-15-6-3-12(4-7-15)13-5-8-16(10-13)19-17(20)14-2-1-9-21-11-14/h3-4,6-7,11,13,16H,1-2,5,8-10H2,(H,19,20)/t13-,16+/m0/s1. The van der Waals surface area contributed by atoms with Gasteiger partial charge in [0.1, 0.15) is 5.82 Å². The molecule has 2 aliphatic rings. The largest absolute Gasteiger partial charge is 0.501 e. The summed E-state index contributed by atoms with van der Waals surface area (Å²) in [7, 11) is 0. The number of rotatable bonds is 3. The van der Waals surface area contributed by atoms with Gasteiger partial charge in [-0.1, -0.05) is 12.1 Å². The van der Waals surface area contributed by atoms with Gasteiger partial charge in [0.15, 0.2) is 0 Å². The Morgan fingerprint density at radius 1 is 1.24 bits per heavy atom. The highest BCUT2D eigenvalue weighted by atomic mass is 19.1. The molecule has 1 N–H and O–H groups in total. The van der Waals surface area contributed by atoms with Crippen LogP contribution in [-0.4, -0.2) is 18.6 Å². The van der Waals surface area contributed by atoms with Crippen molar-refractivity contribution >= 4 is 5.91 Å². The summed E-state index contributed by atoms with van der Waals surface area (Å²) in [5.41, 5.74) is 1.90. The van der Waals surface area contributed by atoms with Crippen molar-refractivity contribution in [1.82, 2.24) is 5.32 Å². The van der Waals surface area contributed by atoms with Gasteiger partial charge < -0.3 is 10.1 Å². The Hall–Kier alpha value is -1.84. The highest BCUT2D eigenvalue weighted by molar-refractivity contribution is 5.93. The number of halogens is 1. The lowest BCUT2D eigenvalue weighted by atomic mass is 9.97. The summed E-state index contributed by atoms with van der Waals surface area (Å²) >= 11 is 0. The molecule has 112 valence electrons. The zero-order valence-electron chi connectivity index (χ0n) is 12.0. The summed E-state index contributed by atoms with van der Waals surface area (Å²) in [6, 6.07) is 6.91. The van der Waals surface area contributed by atoms with Crippen molar-refractivity contribution in [3.05, 3.63) is 47.5 Å². The molecular formula is C17H20FNO2. The predicted octanol–water partition coefficient (Wildman–Crippen LogP) is 3.27. The minimum Gasteiger partial charge on any atom is -0.501 e. The Labute approximate surface area is 124 Å². The quantitative estimate of drug-likeness (QED) is 0.927. The van der Waals surface area contributed by atoms with Gasteiger partial charge in [0.25, 0.3) is 5.91 Å². The molecule has 1 amide bonds. The van der Waals surface area contributed by atoms with Crippen LogP contribution in [0.25, 0.3) is 0 Å². The molecule has 1 saturated carbocycles. The van der Waals surface area contributed by atoms with Crippen molar-refractivity contribution in [3.8, 4) is 0 Å². The molecule has 0 radical (unpaired) electrons. The molecule has 1 heterocycles. The topological polar surface area (TPSA) is 38.3 Å². The molecule has 0 aromatic heterocycles. The molecule has 1 aromatic rings. The Morgan fingerprint density at radius 2 is 2.05 bits per heavy atom. The van der Waals surface area contributed by atoms with Crippen LogP contribution in [0.3, 0.4) is 0 Å². The maximum Gasteiger partial charge on any atom is 0.250 e. The van der Waals surface area contributed by atoms with E-state index in [4.69, 9.17) is 4.74 Å². The summed E-state index contributed by atoms with van der Waals surface area (Å²) in [5, 5.41) is 3.10. The Balaban J connectivity index is 1.56. The van der Waals surface area contributed by atoms with Gasteiger partial charge in [-0.3, -0.25) is 4.79 Å². The first-order valence-corrected chi connectivity index (χ1v) is 7.59. The van der Waals surface area contributed by atoms with E-state index < -0.39 is 0 Å². The van der Waals surface area contributed by atoms with Gasteiger partial charge in [-0.2, -0.15) is 0 Å². The van der Waals surface area contributed by atoms with Gasteiger partial charge in [-0.15, -0.1) is 0 Å². The van der Waals surface area contributed by atoms with Crippen LogP contribution in [0.1, 0.15) is 43.6 Å². The SMILES string of the molecule is O=C(N[C@@H]1CC[C@H](c2ccc(F)cc2)C1)C1=COCCC1.